The highest BCUT2D eigenvalue weighted by molar-refractivity contribution is 5.23. The van der Waals surface area contributed by atoms with Gasteiger partial charge >= 0.3 is 0 Å². The lowest BCUT2D eigenvalue weighted by Gasteiger charge is -2.19. The summed E-state index contributed by atoms with van der Waals surface area (Å²) in [6.45, 7) is 0. The highest BCUT2D eigenvalue weighted by Gasteiger charge is 2.11. The number of hydrogen-bond acceptors (Lipinski definition) is 0. The van der Waals surface area contributed by atoms with Crippen LogP contribution in [0.4, 0.5) is 0 Å². The van der Waals surface area contributed by atoms with E-state index < -0.39 is 0 Å². The Kier molecular flexibility index (Phi) is 4.25. The molecule has 1 saturated carbocycles. The molecule has 1 aliphatic rings. The molecule has 0 heterocycles. The van der Waals surface area contributed by atoms with Crippen LogP contribution in [0.25, 0.3) is 0 Å². The molecule has 1 aromatic carbocycles. The zero-order valence-corrected chi connectivity index (χ0v) is 9.49. The van der Waals surface area contributed by atoms with Crippen LogP contribution < -0.4 is 0 Å². The van der Waals surface area contributed by atoms with Gasteiger partial charge in [0.15, 0.2) is 0 Å². The molecule has 1 aliphatic carbocycles. The largest absolute Gasteiger partial charge is 0.0622 e. The van der Waals surface area contributed by atoms with E-state index in [0.717, 1.165) is 5.92 Å². The Morgan fingerprint density at radius 3 is 2.07 bits per heavy atom. The van der Waals surface area contributed by atoms with Gasteiger partial charge in [-0.15, -0.1) is 0 Å². The molecule has 0 amide bonds. The van der Waals surface area contributed by atoms with Crippen molar-refractivity contribution in [1.29, 1.82) is 0 Å². The third kappa shape index (κ3) is 3.70. The Labute approximate surface area is 93.7 Å². The van der Waals surface area contributed by atoms with Crippen molar-refractivity contribution in [3.05, 3.63) is 42.3 Å². The predicted octanol–water partition coefficient (Wildman–Crippen LogP) is 4.60. The normalized spacial score (nSPS) is 19.5. The van der Waals surface area contributed by atoms with Crippen molar-refractivity contribution in [2.24, 2.45) is 5.92 Å². The first-order valence-electron chi connectivity index (χ1n) is 6.35. The molecule has 0 unspecified atom stereocenters. The van der Waals surface area contributed by atoms with Crippen LogP contribution in [0.1, 0.15) is 50.5 Å². The SMILES string of the molecule is [CH](c1ccccc1)C1CCCCCCC1. The van der Waals surface area contributed by atoms with E-state index in [9.17, 15) is 0 Å². The summed E-state index contributed by atoms with van der Waals surface area (Å²) in [6.07, 6.45) is 12.5. The van der Waals surface area contributed by atoms with Crippen LogP contribution in [-0.4, -0.2) is 0 Å². The van der Waals surface area contributed by atoms with Crippen LogP contribution in [0.5, 0.6) is 0 Å². The summed E-state index contributed by atoms with van der Waals surface area (Å²) in [4.78, 5) is 0. The summed E-state index contributed by atoms with van der Waals surface area (Å²) in [7, 11) is 0. The van der Waals surface area contributed by atoms with Crippen molar-refractivity contribution in [3.63, 3.8) is 0 Å². The Bertz CT molecular complexity index is 255. The third-order valence-corrected chi connectivity index (χ3v) is 3.38. The van der Waals surface area contributed by atoms with E-state index in [2.05, 4.69) is 36.8 Å². The second-order valence-electron chi connectivity index (χ2n) is 4.68. The second kappa shape index (κ2) is 5.95. The van der Waals surface area contributed by atoms with Crippen molar-refractivity contribution >= 4 is 0 Å². The fraction of sp³-hybridized carbons (Fsp3) is 0.533. The van der Waals surface area contributed by atoms with E-state index in [4.69, 9.17) is 0 Å². The van der Waals surface area contributed by atoms with Crippen LogP contribution in [0.3, 0.4) is 0 Å². The lowest BCUT2D eigenvalue weighted by atomic mass is 9.87. The molecule has 0 N–H and O–H groups in total. The number of rotatable bonds is 2. The first-order valence-corrected chi connectivity index (χ1v) is 6.35. The minimum Gasteiger partial charge on any atom is -0.0622 e. The van der Waals surface area contributed by atoms with Gasteiger partial charge in [-0.2, -0.15) is 0 Å². The molecule has 0 heteroatoms. The lowest BCUT2D eigenvalue weighted by Crippen LogP contribution is -2.05. The molecular formula is C15H21. The zero-order chi connectivity index (χ0) is 10.3. The Balaban J connectivity index is 1.86. The molecule has 0 spiro atoms. The standard InChI is InChI=1S/C15H21/c1-2-5-9-14(10-6-3-1)13-15-11-7-4-8-12-15/h4,7-8,11-14H,1-3,5-6,9-10H2. The molecule has 0 aliphatic heterocycles. The quantitative estimate of drug-likeness (QED) is 0.656. The summed E-state index contributed by atoms with van der Waals surface area (Å²) in [5.74, 6) is 0.827. The predicted molar refractivity (Wildman–Crippen MR) is 65.7 cm³/mol. The van der Waals surface area contributed by atoms with Crippen LogP contribution in [0, 0.1) is 12.3 Å². The summed E-state index contributed by atoms with van der Waals surface area (Å²) in [6, 6.07) is 10.8. The van der Waals surface area contributed by atoms with E-state index in [1.54, 1.807) is 0 Å². The first-order chi connectivity index (χ1) is 7.45. The van der Waals surface area contributed by atoms with E-state index in [1.165, 1.54) is 50.5 Å². The van der Waals surface area contributed by atoms with Crippen LogP contribution in [0.15, 0.2) is 30.3 Å². The van der Waals surface area contributed by atoms with Gasteiger partial charge in [0.25, 0.3) is 0 Å². The molecule has 81 valence electrons. The van der Waals surface area contributed by atoms with Gasteiger partial charge in [-0.3, -0.25) is 0 Å². The summed E-state index contributed by atoms with van der Waals surface area (Å²) in [5.41, 5.74) is 1.41. The first kappa shape index (κ1) is 10.7. The summed E-state index contributed by atoms with van der Waals surface area (Å²) < 4.78 is 0. The fourth-order valence-corrected chi connectivity index (χ4v) is 2.49. The van der Waals surface area contributed by atoms with Crippen LogP contribution >= 0.6 is 0 Å². The molecule has 1 fully saturated rings. The maximum atomic E-state index is 2.48. The van der Waals surface area contributed by atoms with E-state index in [-0.39, 0.29) is 0 Å². The van der Waals surface area contributed by atoms with Gasteiger partial charge in [-0.05, 0) is 30.7 Å². The van der Waals surface area contributed by atoms with Gasteiger partial charge in [0.05, 0.1) is 0 Å². The lowest BCUT2D eigenvalue weighted by molar-refractivity contribution is 0.420. The molecule has 1 aromatic rings. The average Bonchev–Trinajstić information content (AvgIpc) is 2.23. The van der Waals surface area contributed by atoms with Crippen molar-refractivity contribution in [3.8, 4) is 0 Å². The molecule has 0 saturated heterocycles. The Hall–Kier alpha value is -0.780. The van der Waals surface area contributed by atoms with Crippen molar-refractivity contribution in [2.45, 2.75) is 44.9 Å². The van der Waals surface area contributed by atoms with Gasteiger partial charge in [0, 0.05) is 0 Å². The molecule has 0 bridgehead atoms. The molecule has 0 nitrogen and oxygen atoms in total. The highest BCUT2D eigenvalue weighted by atomic mass is 14.2. The van der Waals surface area contributed by atoms with Gasteiger partial charge in [0.2, 0.25) is 0 Å². The van der Waals surface area contributed by atoms with Gasteiger partial charge in [0.1, 0.15) is 0 Å². The number of hydrogen-bond donors (Lipinski definition) is 0. The molecule has 1 radical (unpaired) electrons. The van der Waals surface area contributed by atoms with Crippen LogP contribution in [0.2, 0.25) is 0 Å². The Morgan fingerprint density at radius 1 is 0.800 bits per heavy atom. The van der Waals surface area contributed by atoms with Gasteiger partial charge < -0.3 is 0 Å². The topological polar surface area (TPSA) is 0 Å². The van der Waals surface area contributed by atoms with Crippen LogP contribution in [-0.2, 0) is 0 Å². The van der Waals surface area contributed by atoms with E-state index >= 15 is 0 Å². The molecule has 15 heavy (non-hydrogen) atoms. The highest BCUT2D eigenvalue weighted by Crippen LogP contribution is 2.26. The minimum absolute atomic E-state index is 0.827. The van der Waals surface area contributed by atoms with E-state index in [1.807, 2.05) is 0 Å². The summed E-state index contributed by atoms with van der Waals surface area (Å²) in [5, 5.41) is 0. The van der Waals surface area contributed by atoms with Crippen molar-refractivity contribution in [2.75, 3.05) is 0 Å². The van der Waals surface area contributed by atoms with Crippen molar-refractivity contribution < 1.29 is 0 Å². The maximum absolute atomic E-state index is 2.48. The van der Waals surface area contributed by atoms with E-state index in [0.29, 0.717) is 0 Å². The molecule has 2 rings (SSSR count). The Morgan fingerprint density at radius 2 is 1.40 bits per heavy atom. The molecule has 0 aromatic heterocycles. The summed E-state index contributed by atoms with van der Waals surface area (Å²) >= 11 is 0. The molecular weight excluding hydrogens is 180 g/mol. The minimum atomic E-state index is 0.827. The maximum Gasteiger partial charge on any atom is -0.00621 e. The smallest absolute Gasteiger partial charge is 0.00621 e. The third-order valence-electron chi connectivity index (χ3n) is 3.38. The molecule has 0 atom stereocenters. The van der Waals surface area contributed by atoms with Gasteiger partial charge in [-0.25, -0.2) is 0 Å². The number of benzene rings is 1. The fourth-order valence-electron chi connectivity index (χ4n) is 2.49. The zero-order valence-electron chi connectivity index (χ0n) is 9.49. The monoisotopic (exact) mass is 201 g/mol. The average molecular weight is 201 g/mol. The van der Waals surface area contributed by atoms with Gasteiger partial charge in [-0.1, -0.05) is 62.4 Å². The van der Waals surface area contributed by atoms with Crippen molar-refractivity contribution in [1.82, 2.24) is 0 Å². The second-order valence-corrected chi connectivity index (χ2v) is 4.68.